The second kappa shape index (κ2) is 10.0. The largest absolute Gasteiger partial charge is 0.390 e. The highest BCUT2D eigenvalue weighted by Gasteiger charge is 2.31. The molecule has 3 atom stereocenters. The van der Waals surface area contributed by atoms with E-state index in [0.29, 0.717) is 13.0 Å². The minimum atomic E-state index is -0.657. The zero-order chi connectivity index (χ0) is 14.5. The first-order valence-electron chi connectivity index (χ1n) is 7.09. The average molecular weight is 350 g/mol. The molecule has 22 heavy (non-hydrogen) atoms. The van der Waals surface area contributed by atoms with Gasteiger partial charge in [-0.25, -0.2) is 0 Å². The van der Waals surface area contributed by atoms with Crippen molar-refractivity contribution in [1.82, 2.24) is 4.90 Å². The maximum absolute atomic E-state index is 11.3. The van der Waals surface area contributed by atoms with Gasteiger partial charge in [0.25, 0.3) is 0 Å². The van der Waals surface area contributed by atoms with Gasteiger partial charge in [-0.15, -0.1) is 24.8 Å². The van der Waals surface area contributed by atoms with Crippen molar-refractivity contribution < 1.29 is 9.90 Å². The lowest BCUT2D eigenvalue weighted by Gasteiger charge is -2.27. The van der Waals surface area contributed by atoms with Gasteiger partial charge in [0.1, 0.15) is 0 Å². The fourth-order valence-corrected chi connectivity index (χ4v) is 2.76. The molecule has 1 aliphatic heterocycles. The molecule has 1 fully saturated rings. The molecular weight excluding hydrogens is 325 g/mol. The Labute approximate surface area is 143 Å². The molecule has 1 aliphatic rings. The number of amides is 1. The molecule has 2 rings (SSSR count). The van der Waals surface area contributed by atoms with Gasteiger partial charge in [0.2, 0.25) is 5.91 Å². The Morgan fingerprint density at radius 3 is 2.55 bits per heavy atom. The second-order valence-electron chi connectivity index (χ2n) is 5.48. The van der Waals surface area contributed by atoms with E-state index in [9.17, 15) is 9.90 Å². The molecule has 1 aromatic carbocycles. The average Bonchev–Trinajstić information content (AvgIpc) is 2.88. The topological polar surface area (TPSA) is 92.6 Å². The van der Waals surface area contributed by atoms with Crippen LogP contribution < -0.4 is 11.5 Å². The number of likely N-dealkylation sites (tertiary alicyclic amines) is 1. The smallest absolute Gasteiger partial charge is 0.234 e. The van der Waals surface area contributed by atoms with Gasteiger partial charge in [0.15, 0.2) is 0 Å². The molecule has 1 amide bonds. The van der Waals surface area contributed by atoms with Crippen LogP contribution in [0.4, 0.5) is 0 Å². The molecule has 5 nitrogen and oxygen atoms in total. The first kappa shape index (κ1) is 21.1. The van der Waals surface area contributed by atoms with E-state index in [1.165, 1.54) is 0 Å². The zero-order valence-corrected chi connectivity index (χ0v) is 14.1. The lowest BCUT2D eigenvalue weighted by atomic mass is 10.0. The van der Waals surface area contributed by atoms with Gasteiger partial charge >= 0.3 is 0 Å². The van der Waals surface area contributed by atoms with Crippen LogP contribution in [0.25, 0.3) is 0 Å². The van der Waals surface area contributed by atoms with Crippen molar-refractivity contribution in [3.05, 3.63) is 35.9 Å². The van der Waals surface area contributed by atoms with E-state index in [1.54, 1.807) is 0 Å². The van der Waals surface area contributed by atoms with E-state index in [0.717, 1.165) is 24.9 Å². The van der Waals surface area contributed by atoms with E-state index >= 15 is 0 Å². The molecule has 0 spiro atoms. The quantitative estimate of drug-likeness (QED) is 0.705. The molecule has 0 unspecified atom stereocenters. The molecule has 0 aromatic heterocycles. The lowest BCUT2D eigenvalue weighted by molar-refractivity contribution is -0.122. The monoisotopic (exact) mass is 349 g/mol. The Morgan fingerprint density at radius 2 is 1.95 bits per heavy atom. The Morgan fingerprint density at radius 1 is 1.32 bits per heavy atom. The SMILES string of the molecule is Cl.Cl.NC(=O)[C@@H]1CCCN1C[C@H](O)[C@H](N)Cc1ccccc1. The first-order chi connectivity index (χ1) is 9.58. The summed E-state index contributed by atoms with van der Waals surface area (Å²) in [6.45, 7) is 1.20. The molecule has 0 saturated carbocycles. The first-order valence-corrected chi connectivity index (χ1v) is 7.09. The van der Waals surface area contributed by atoms with Gasteiger partial charge < -0.3 is 16.6 Å². The number of nitrogens with zero attached hydrogens (tertiary/aromatic N) is 1. The maximum atomic E-state index is 11.3. The van der Waals surface area contributed by atoms with Gasteiger partial charge in [-0.2, -0.15) is 0 Å². The number of nitrogens with two attached hydrogens (primary N) is 2. The van der Waals surface area contributed by atoms with E-state index in [-0.39, 0.29) is 42.8 Å². The van der Waals surface area contributed by atoms with Crippen molar-refractivity contribution in [2.75, 3.05) is 13.1 Å². The normalized spacial score (nSPS) is 20.5. The fraction of sp³-hybridized carbons (Fsp3) is 0.533. The summed E-state index contributed by atoms with van der Waals surface area (Å²) in [5.41, 5.74) is 12.5. The number of hydrogen-bond donors (Lipinski definition) is 3. The van der Waals surface area contributed by atoms with Crippen LogP contribution in [0.3, 0.4) is 0 Å². The number of hydrogen-bond acceptors (Lipinski definition) is 4. The van der Waals surface area contributed by atoms with E-state index in [4.69, 9.17) is 11.5 Å². The minimum Gasteiger partial charge on any atom is -0.390 e. The fourth-order valence-electron chi connectivity index (χ4n) is 2.76. The molecule has 0 radical (unpaired) electrons. The molecule has 1 aromatic rings. The zero-order valence-electron chi connectivity index (χ0n) is 12.4. The van der Waals surface area contributed by atoms with Crippen LogP contribution in [0.5, 0.6) is 0 Å². The summed E-state index contributed by atoms with van der Waals surface area (Å²) in [5, 5.41) is 10.2. The predicted molar refractivity (Wildman–Crippen MR) is 92.4 cm³/mol. The Kier molecular flexibility index (Phi) is 9.64. The van der Waals surface area contributed by atoms with Gasteiger partial charge in [-0.1, -0.05) is 30.3 Å². The van der Waals surface area contributed by atoms with Crippen molar-refractivity contribution in [1.29, 1.82) is 0 Å². The number of carbonyl (C=O) groups is 1. The number of halogens is 2. The summed E-state index contributed by atoms with van der Waals surface area (Å²) in [6, 6.07) is 9.26. The molecule has 0 bridgehead atoms. The summed E-state index contributed by atoms with van der Waals surface area (Å²) in [5.74, 6) is -0.314. The van der Waals surface area contributed by atoms with Crippen molar-refractivity contribution in [3.63, 3.8) is 0 Å². The van der Waals surface area contributed by atoms with Gasteiger partial charge in [0.05, 0.1) is 12.1 Å². The Bertz CT molecular complexity index is 448. The van der Waals surface area contributed by atoms with Crippen molar-refractivity contribution >= 4 is 30.7 Å². The highest BCUT2D eigenvalue weighted by Crippen LogP contribution is 2.17. The van der Waals surface area contributed by atoms with E-state index in [1.807, 2.05) is 35.2 Å². The standard InChI is InChI=1S/C15H23N3O2.2ClH/c16-12(9-11-5-2-1-3-6-11)14(19)10-18-8-4-7-13(18)15(17)20;;/h1-3,5-6,12-14,19H,4,7-10,16H2,(H2,17,20);2*1H/t12-,13+,14+;;/m1../s1. The summed E-state index contributed by atoms with van der Waals surface area (Å²) < 4.78 is 0. The summed E-state index contributed by atoms with van der Waals surface area (Å²) in [6.07, 6.45) is 1.68. The van der Waals surface area contributed by atoms with E-state index < -0.39 is 6.10 Å². The van der Waals surface area contributed by atoms with E-state index in [2.05, 4.69) is 0 Å². The third kappa shape index (κ3) is 5.74. The molecule has 0 aliphatic carbocycles. The molecule has 1 heterocycles. The van der Waals surface area contributed by atoms with Crippen LogP contribution in [0.15, 0.2) is 30.3 Å². The predicted octanol–water partition coefficient (Wildman–Crippen LogP) is 0.711. The number of rotatable bonds is 6. The minimum absolute atomic E-state index is 0. The van der Waals surface area contributed by atoms with Crippen LogP contribution in [0, 0.1) is 0 Å². The lowest BCUT2D eigenvalue weighted by Crippen LogP contribution is -2.49. The van der Waals surface area contributed by atoms with Crippen molar-refractivity contribution in [2.24, 2.45) is 11.5 Å². The maximum Gasteiger partial charge on any atom is 0.234 e. The number of primary amides is 1. The molecule has 126 valence electrons. The van der Waals surface area contributed by atoms with Crippen LogP contribution in [0.2, 0.25) is 0 Å². The number of β-amino-alcohol motifs (C(OH)–C–C–N with tert-alkyl or cyclic N) is 1. The molecule has 5 N–H and O–H groups in total. The van der Waals surface area contributed by atoms with Crippen LogP contribution in [0.1, 0.15) is 18.4 Å². The molecule has 1 saturated heterocycles. The molecular formula is C15H25Cl2N3O2. The number of aliphatic hydroxyl groups excluding tert-OH is 1. The highest BCUT2D eigenvalue weighted by molar-refractivity contribution is 5.85. The second-order valence-corrected chi connectivity index (χ2v) is 5.48. The Hall–Kier alpha value is -0.850. The third-order valence-corrected chi connectivity index (χ3v) is 3.92. The van der Waals surface area contributed by atoms with Gasteiger partial charge in [0, 0.05) is 12.6 Å². The van der Waals surface area contributed by atoms with Crippen LogP contribution in [-0.4, -0.2) is 47.2 Å². The summed E-state index contributed by atoms with van der Waals surface area (Å²) >= 11 is 0. The van der Waals surface area contributed by atoms with Crippen molar-refractivity contribution in [3.8, 4) is 0 Å². The third-order valence-electron chi connectivity index (χ3n) is 3.92. The van der Waals surface area contributed by atoms with Crippen LogP contribution >= 0.6 is 24.8 Å². The Balaban J connectivity index is 0.00000220. The van der Waals surface area contributed by atoms with Crippen molar-refractivity contribution in [2.45, 2.75) is 37.5 Å². The number of benzene rings is 1. The highest BCUT2D eigenvalue weighted by atomic mass is 35.5. The van der Waals surface area contributed by atoms with Gasteiger partial charge in [-0.3, -0.25) is 9.69 Å². The summed E-state index contributed by atoms with van der Waals surface area (Å²) in [4.78, 5) is 13.3. The van der Waals surface area contributed by atoms with Gasteiger partial charge in [-0.05, 0) is 31.4 Å². The number of aliphatic hydroxyl groups is 1. The molecule has 7 heteroatoms. The number of carbonyl (C=O) groups excluding carboxylic acids is 1. The van der Waals surface area contributed by atoms with Crippen LogP contribution in [-0.2, 0) is 11.2 Å². The summed E-state index contributed by atoms with van der Waals surface area (Å²) in [7, 11) is 0.